The third kappa shape index (κ3) is 5.65. The molecule has 1 saturated heterocycles. The normalized spacial score (nSPS) is 17.8. The number of hydrogen-bond acceptors (Lipinski definition) is 3. The molecule has 0 radical (unpaired) electrons. The lowest BCUT2D eigenvalue weighted by Gasteiger charge is -2.35. The Labute approximate surface area is 162 Å². The van der Waals surface area contributed by atoms with Crippen LogP contribution >= 0.6 is 0 Å². The Morgan fingerprint density at radius 3 is 2.22 bits per heavy atom. The molecule has 0 unspecified atom stereocenters. The van der Waals surface area contributed by atoms with Crippen molar-refractivity contribution >= 4 is 5.91 Å². The van der Waals surface area contributed by atoms with Crippen molar-refractivity contribution in [1.82, 2.24) is 9.80 Å². The van der Waals surface area contributed by atoms with E-state index in [2.05, 4.69) is 65.6 Å². The van der Waals surface area contributed by atoms with Gasteiger partial charge in [0.05, 0.1) is 12.7 Å². The molecule has 1 heterocycles. The maximum Gasteiger partial charge on any atom is 0.223 e. The van der Waals surface area contributed by atoms with E-state index in [1.807, 2.05) is 14.1 Å². The van der Waals surface area contributed by atoms with Gasteiger partial charge in [-0.05, 0) is 17.5 Å². The molecule has 0 spiro atoms. The minimum Gasteiger partial charge on any atom is -0.376 e. The van der Waals surface area contributed by atoms with Crippen LogP contribution in [-0.2, 0) is 9.53 Å². The molecule has 0 bridgehead atoms. The summed E-state index contributed by atoms with van der Waals surface area (Å²) in [4.78, 5) is 15.9. The zero-order chi connectivity index (χ0) is 19.1. The highest BCUT2D eigenvalue weighted by molar-refractivity contribution is 5.75. The number of rotatable bonds is 7. The fraction of sp³-hybridized carbons (Fsp3) is 0.435. The van der Waals surface area contributed by atoms with Gasteiger partial charge >= 0.3 is 0 Å². The van der Waals surface area contributed by atoms with Gasteiger partial charge in [0.2, 0.25) is 5.91 Å². The SMILES string of the molecule is CN(C)C(=O)CCN1CCO[C@@H](CC(c2ccccc2)c2ccccc2)C1. The molecular formula is C23H30N2O2. The molecule has 27 heavy (non-hydrogen) atoms. The van der Waals surface area contributed by atoms with E-state index in [1.165, 1.54) is 11.1 Å². The zero-order valence-electron chi connectivity index (χ0n) is 16.4. The molecule has 2 aromatic rings. The van der Waals surface area contributed by atoms with Gasteiger partial charge in [-0.2, -0.15) is 0 Å². The lowest BCUT2D eigenvalue weighted by atomic mass is 9.86. The third-order valence-corrected chi connectivity index (χ3v) is 5.27. The topological polar surface area (TPSA) is 32.8 Å². The second-order valence-electron chi connectivity index (χ2n) is 7.44. The Balaban J connectivity index is 1.66. The van der Waals surface area contributed by atoms with E-state index >= 15 is 0 Å². The number of ether oxygens (including phenoxy) is 1. The molecule has 3 rings (SSSR count). The fourth-order valence-electron chi connectivity index (χ4n) is 3.70. The maximum absolute atomic E-state index is 11.9. The second-order valence-corrected chi connectivity index (χ2v) is 7.44. The molecule has 0 aliphatic carbocycles. The van der Waals surface area contributed by atoms with Crippen LogP contribution in [0.15, 0.2) is 60.7 Å². The summed E-state index contributed by atoms with van der Waals surface area (Å²) in [7, 11) is 3.63. The van der Waals surface area contributed by atoms with Gasteiger partial charge in [0.1, 0.15) is 0 Å². The lowest BCUT2D eigenvalue weighted by Crippen LogP contribution is -2.44. The summed E-state index contributed by atoms with van der Waals surface area (Å²) in [5, 5.41) is 0. The zero-order valence-corrected chi connectivity index (χ0v) is 16.4. The highest BCUT2D eigenvalue weighted by atomic mass is 16.5. The van der Waals surface area contributed by atoms with Crippen LogP contribution in [0.25, 0.3) is 0 Å². The Morgan fingerprint density at radius 1 is 1.07 bits per heavy atom. The van der Waals surface area contributed by atoms with E-state index in [0.717, 1.165) is 32.7 Å². The number of carbonyl (C=O) groups is 1. The van der Waals surface area contributed by atoms with Crippen molar-refractivity contribution in [3.8, 4) is 0 Å². The highest BCUT2D eigenvalue weighted by Gasteiger charge is 2.25. The van der Waals surface area contributed by atoms with Crippen molar-refractivity contribution in [2.24, 2.45) is 0 Å². The van der Waals surface area contributed by atoms with Gasteiger partial charge < -0.3 is 9.64 Å². The summed E-state index contributed by atoms with van der Waals surface area (Å²) in [6, 6.07) is 21.3. The summed E-state index contributed by atoms with van der Waals surface area (Å²) >= 11 is 0. The number of morpholine rings is 1. The van der Waals surface area contributed by atoms with Crippen molar-refractivity contribution in [3.63, 3.8) is 0 Å². The summed E-state index contributed by atoms with van der Waals surface area (Å²) in [6.45, 7) is 3.32. The number of benzene rings is 2. The first kappa shape index (κ1) is 19.6. The predicted molar refractivity (Wildman–Crippen MR) is 109 cm³/mol. The van der Waals surface area contributed by atoms with Crippen LogP contribution in [0, 0.1) is 0 Å². The first-order chi connectivity index (χ1) is 13.1. The van der Waals surface area contributed by atoms with E-state index in [4.69, 9.17) is 4.74 Å². The van der Waals surface area contributed by atoms with Gasteiger partial charge in [-0.1, -0.05) is 60.7 Å². The van der Waals surface area contributed by atoms with Gasteiger partial charge in [-0.25, -0.2) is 0 Å². The molecule has 144 valence electrons. The molecule has 1 fully saturated rings. The molecule has 0 saturated carbocycles. The predicted octanol–water partition coefficient (Wildman–Crippen LogP) is 3.39. The van der Waals surface area contributed by atoms with Crippen molar-refractivity contribution in [2.75, 3.05) is 40.3 Å². The number of nitrogens with zero attached hydrogens (tertiary/aromatic N) is 2. The summed E-state index contributed by atoms with van der Waals surface area (Å²) in [5.41, 5.74) is 2.65. The molecule has 1 atom stereocenters. The maximum atomic E-state index is 11.9. The molecule has 0 N–H and O–H groups in total. The van der Waals surface area contributed by atoms with Gasteiger partial charge in [0.15, 0.2) is 0 Å². The van der Waals surface area contributed by atoms with Crippen LogP contribution in [0.5, 0.6) is 0 Å². The van der Waals surface area contributed by atoms with Crippen LogP contribution in [0.3, 0.4) is 0 Å². The molecule has 1 aliphatic heterocycles. The Bertz CT molecular complexity index is 663. The van der Waals surface area contributed by atoms with Gasteiger partial charge in [0.25, 0.3) is 0 Å². The van der Waals surface area contributed by atoms with E-state index in [-0.39, 0.29) is 12.0 Å². The van der Waals surface area contributed by atoms with E-state index in [0.29, 0.717) is 12.3 Å². The fourth-order valence-corrected chi connectivity index (χ4v) is 3.70. The van der Waals surface area contributed by atoms with Crippen molar-refractivity contribution < 1.29 is 9.53 Å². The molecule has 4 nitrogen and oxygen atoms in total. The molecular weight excluding hydrogens is 336 g/mol. The smallest absolute Gasteiger partial charge is 0.223 e. The first-order valence-electron chi connectivity index (χ1n) is 9.77. The average molecular weight is 367 g/mol. The van der Waals surface area contributed by atoms with Crippen LogP contribution in [0.1, 0.15) is 29.9 Å². The van der Waals surface area contributed by atoms with E-state index < -0.39 is 0 Å². The van der Waals surface area contributed by atoms with Crippen molar-refractivity contribution in [1.29, 1.82) is 0 Å². The van der Waals surface area contributed by atoms with Crippen LogP contribution in [-0.4, -0.2) is 62.1 Å². The molecule has 0 aromatic heterocycles. The summed E-state index contributed by atoms with van der Waals surface area (Å²) in [5.74, 6) is 0.505. The van der Waals surface area contributed by atoms with E-state index in [9.17, 15) is 4.79 Å². The lowest BCUT2D eigenvalue weighted by molar-refractivity contribution is -0.129. The Kier molecular flexibility index (Phi) is 7.02. The highest BCUT2D eigenvalue weighted by Crippen LogP contribution is 2.30. The van der Waals surface area contributed by atoms with Crippen LogP contribution in [0.2, 0.25) is 0 Å². The second kappa shape index (κ2) is 9.67. The molecule has 1 amide bonds. The standard InChI is InChI=1S/C23H30N2O2/c1-24(2)23(26)13-14-25-15-16-27-21(18-25)17-22(19-9-5-3-6-10-19)20-11-7-4-8-12-20/h3-12,21-22H,13-18H2,1-2H3/t21-/m0/s1. The average Bonchev–Trinajstić information content (AvgIpc) is 2.71. The van der Waals surface area contributed by atoms with Crippen LogP contribution < -0.4 is 0 Å². The molecule has 1 aliphatic rings. The number of hydrogen-bond donors (Lipinski definition) is 0. The largest absolute Gasteiger partial charge is 0.376 e. The quantitative estimate of drug-likeness (QED) is 0.753. The minimum atomic E-state index is 0.179. The van der Waals surface area contributed by atoms with E-state index in [1.54, 1.807) is 4.90 Å². The summed E-state index contributed by atoms with van der Waals surface area (Å²) in [6.07, 6.45) is 1.70. The molecule has 2 aromatic carbocycles. The van der Waals surface area contributed by atoms with Gasteiger partial charge in [-0.3, -0.25) is 9.69 Å². The summed E-state index contributed by atoms with van der Waals surface area (Å²) < 4.78 is 6.10. The number of carbonyl (C=O) groups excluding carboxylic acids is 1. The first-order valence-corrected chi connectivity index (χ1v) is 9.77. The van der Waals surface area contributed by atoms with Crippen LogP contribution in [0.4, 0.5) is 0 Å². The Morgan fingerprint density at radius 2 is 1.67 bits per heavy atom. The Hall–Kier alpha value is -2.17. The molecule has 4 heteroatoms. The van der Waals surface area contributed by atoms with Gasteiger partial charge in [-0.15, -0.1) is 0 Å². The van der Waals surface area contributed by atoms with Crippen molar-refractivity contribution in [2.45, 2.75) is 24.9 Å². The van der Waals surface area contributed by atoms with Crippen molar-refractivity contribution in [3.05, 3.63) is 71.8 Å². The third-order valence-electron chi connectivity index (χ3n) is 5.27. The minimum absolute atomic E-state index is 0.179. The van der Waals surface area contributed by atoms with Gasteiger partial charge in [0, 0.05) is 46.1 Å². The number of amides is 1. The monoisotopic (exact) mass is 366 g/mol.